The minimum Gasteiger partial charge on any atom is -0.486 e. The molecule has 0 saturated heterocycles. The van der Waals surface area contributed by atoms with Crippen LogP contribution in [0, 0.1) is 6.92 Å². The number of benzene rings is 2. The second-order valence-corrected chi connectivity index (χ2v) is 7.25. The number of hydrogen-bond donors (Lipinski definition) is 0. The van der Waals surface area contributed by atoms with E-state index in [-0.39, 0.29) is 6.54 Å². The average Bonchev–Trinajstić information content (AvgIpc) is 3.05. The molecule has 0 N–H and O–H groups in total. The highest BCUT2D eigenvalue weighted by Crippen LogP contribution is 2.31. The molecule has 1 aromatic heterocycles. The minimum absolute atomic E-state index is 0.0192. The Balaban J connectivity index is 1.80. The number of amides is 1. The molecule has 1 aliphatic rings. The van der Waals surface area contributed by atoms with Crippen LogP contribution in [0.5, 0.6) is 11.5 Å². The lowest BCUT2D eigenvalue weighted by molar-refractivity contribution is -0.141. The summed E-state index contributed by atoms with van der Waals surface area (Å²) >= 11 is 1.35. The number of methoxy groups -OCH3 is 1. The number of nitrogens with zero attached hydrogens (tertiary/aromatic N) is 2. The first kappa shape index (κ1) is 18.2. The maximum Gasteiger partial charge on any atom is 0.325 e. The van der Waals surface area contributed by atoms with Crippen LogP contribution in [0.25, 0.3) is 10.2 Å². The van der Waals surface area contributed by atoms with Gasteiger partial charge in [-0.05, 0) is 36.8 Å². The summed E-state index contributed by atoms with van der Waals surface area (Å²) < 4.78 is 18.5. The molecule has 144 valence electrons. The first-order chi connectivity index (χ1) is 13.6. The highest BCUT2D eigenvalue weighted by Gasteiger charge is 2.17. The van der Waals surface area contributed by atoms with Gasteiger partial charge in [-0.15, -0.1) is 0 Å². The molecule has 0 fully saturated rings. The van der Waals surface area contributed by atoms with Gasteiger partial charge >= 0.3 is 5.97 Å². The van der Waals surface area contributed by atoms with E-state index in [0.29, 0.717) is 35.1 Å². The third-order valence-electron chi connectivity index (χ3n) is 4.40. The van der Waals surface area contributed by atoms with Crippen molar-refractivity contribution in [3.63, 3.8) is 0 Å². The maximum atomic E-state index is 12.8. The third-order valence-corrected chi connectivity index (χ3v) is 5.45. The fraction of sp³-hybridized carbons (Fsp3) is 0.250. The summed E-state index contributed by atoms with van der Waals surface area (Å²) in [6.45, 7) is 2.86. The van der Waals surface area contributed by atoms with Crippen molar-refractivity contribution in [2.75, 3.05) is 20.3 Å². The van der Waals surface area contributed by atoms with Gasteiger partial charge in [-0.3, -0.25) is 9.59 Å². The molecule has 28 heavy (non-hydrogen) atoms. The van der Waals surface area contributed by atoms with Crippen LogP contribution in [0.15, 0.2) is 41.4 Å². The van der Waals surface area contributed by atoms with E-state index in [1.165, 1.54) is 18.4 Å². The van der Waals surface area contributed by atoms with E-state index in [0.717, 1.165) is 15.8 Å². The van der Waals surface area contributed by atoms with Crippen molar-refractivity contribution >= 4 is 33.4 Å². The van der Waals surface area contributed by atoms with Gasteiger partial charge in [0, 0.05) is 5.56 Å². The van der Waals surface area contributed by atoms with Gasteiger partial charge in [-0.25, -0.2) is 0 Å². The number of aromatic nitrogens is 1. The standard InChI is InChI=1S/C20H18N2O5S/c1-12-4-3-5-16-18(12)22(11-17(23)25-2)20(28-16)21-19(24)13-6-7-14-15(10-13)27-9-8-26-14/h3-7,10H,8-9,11H2,1-2H3. The molecule has 2 aromatic carbocycles. The van der Waals surface area contributed by atoms with Crippen molar-refractivity contribution in [2.24, 2.45) is 4.99 Å². The molecule has 0 unspecified atom stereocenters. The normalized spacial score (nSPS) is 13.6. The highest BCUT2D eigenvalue weighted by atomic mass is 32.1. The highest BCUT2D eigenvalue weighted by molar-refractivity contribution is 7.16. The molecule has 7 nitrogen and oxygen atoms in total. The molecular weight excluding hydrogens is 380 g/mol. The Morgan fingerprint density at radius 2 is 1.96 bits per heavy atom. The smallest absolute Gasteiger partial charge is 0.325 e. The van der Waals surface area contributed by atoms with Crippen LogP contribution in [0.4, 0.5) is 0 Å². The average molecular weight is 398 g/mol. The molecule has 0 atom stereocenters. The van der Waals surface area contributed by atoms with Crippen LogP contribution in [-0.4, -0.2) is 36.8 Å². The summed E-state index contributed by atoms with van der Waals surface area (Å²) in [7, 11) is 1.33. The Kier molecular flexibility index (Phi) is 4.87. The zero-order chi connectivity index (χ0) is 19.7. The van der Waals surface area contributed by atoms with Gasteiger partial charge in [-0.2, -0.15) is 4.99 Å². The maximum absolute atomic E-state index is 12.8. The molecule has 3 aromatic rings. The van der Waals surface area contributed by atoms with Crippen molar-refractivity contribution in [3.05, 3.63) is 52.3 Å². The quantitative estimate of drug-likeness (QED) is 0.634. The van der Waals surface area contributed by atoms with Crippen LogP contribution in [0.1, 0.15) is 15.9 Å². The fourth-order valence-electron chi connectivity index (χ4n) is 3.06. The topological polar surface area (TPSA) is 79.1 Å². The van der Waals surface area contributed by atoms with Gasteiger partial charge in [0.2, 0.25) is 0 Å². The number of carbonyl (C=O) groups excluding carboxylic acids is 2. The van der Waals surface area contributed by atoms with Crippen LogP contribution >= 0.6 is 11.3 Å². The summed E-state index contributed by atoms with van der Waals surface area (Å²) in [5.74, 6) is 0.318. The number of fused-ring (bicyclic) bond motifs is 2. The molecule has 0 aliphatic carbocycles. The van der Waals surface area contributed by atoms with Gasteiger partial charge in [0.15, 0.2) is 16.3 Å². The van der Waals surface area contributed by atoms with E-state index < -0.39 is 11.9 Å². The van der Waals surface area contributed by atoms with Crippen LogP contribution in [0.2, 0.25) is 0 Å². The minimum atomic E-state index is -0.417. The Morgan fingerprint density at radius 1 is 1.18 bits per heavy atom. The number of hydrogen-bond acceptors (Lipinski definition) is 6. The summed E-state index contributed by atoms with van der Waals surface area (Å²) in [4.78, 5) is 29.4. The Morgan fingerprint density at radius 3 is 2.75 bits per heavy atom. The summed E-state index contributed by atoms with van der Waals surface area (Å²) in [5, 5.41) is 0. The summed E-state index contributed by atoms with van der Waals surface area (Å²) in [6, 6.07) is 10.8. The van der Waals surface area contributed by atoms with Gasteiger partial charge in [0.25, 0.3) is 5.91 Å². The number of esters is 1. The van der Waals surface area contributed by atoms with E-state index in [1.54, 1.807) is 22.8 Å². The van der Waals surface area contributed by atoms with Gasteiger partial charge < -0.3 is 18.8 Å². The number of rotatable bonds is 3. The number of aryl methyl sites for hydroxylation is 1. The van der Waals surface area contributed by atoms with E-state index in [1.807, 2.05) is 25.1 Å². The van der Waals surface area contributed by atoms with E-state index >= 15 is 0 Å². The number of para-hydroxylation sites is 1. The van der Waals surface area contributed by atoms with Gasteiger partial charge in [-0.1, -0.05) is 23.5 Å². The van der Waals surface area contributed by atoms with Crippen molar-refractivity contribution in [2.45, 2.75) is 13.5 Å². The van der Waals surface area contributed by atoms with E-state index in [4.69, 9.17) is 14.2 Å². The van der Waals surface area contributed by atoms with Gasteiger partial charge in [0.1, 0.15) is 19.8 Å². The predicted octanol–water partition coefficient (Wildman–Crippen LogP) is 2.70. The lowest BCUT2D eigenvalue weighted by atomic mass is 10.2. The molecule has 0 radical (unpaired) electrons. The molecular formula is C20H18N2O5S. The Hall–Kier alpha value is -3.13. The van der Waals surface area contributed by atoms with Crippen molar-refractivity contribution in [3.8, 4) is 11.5 Å². The number of thiazole rings is 1. The monoisotopic (exact) mass is 398 g/mol. The Bertz CT molecular complexity index is 1150. The zero-order valence-electron chi connectivity index (χ0n) is 15.4. The molecule has 2 heterocycles. The summed E-state index contributed by atoms with van der Waals surface area (Å²) in [5.41, 5.74) is 2.25. The largest absolute Gasteiger partial charge is 0.486 e. The molecule has 0 bridgehead atoms. The third kappa shape index (κ3) is 3.38. The SMILES string of the molecule is COC(=O)Cn1c(=NC(=O)c2ccc3c(c2)OCCO3)sc2cccc(C)c21. The molecule has 0 spiro atoms. The predicted molar refractivity (Wildman–Crippen MR) is 104 cm³/mol. The fourth-order valence-corrected chi connectivity index (χ4v) is 4.17. The molecule has 1 amide bonds. The number of ether oxygens (including phenoxy) is 3. The van der Waals surface area contributed by atoms with E-state index in [2.05, 4.69) is 4.99 Å². The van der Waals surface area contributed by atoms with Crippen molar-refractivity contribution in [1.29, 1.82) is 0 Å². The second kappa shape index (κ2) is 7.47. The van der Waals surface area contributed by atoms with Crippen molar-refractivity contribution in [1.82, 2.24) is 4.57 Å². The molecule has 0 saturated carbocycles. The molecule has 4 rings (SSSR count). The second-order valence-electron chi connectivity index (χ2n) is 6.24. The van der Waals surface area contributed by atoms with Crippen LogP contribution < -0.4 is 14.3 Å². The van der Waals surface area contributed by atoms with Crippen LogP contribution in [0.3, 0.4) is 0 Å². The molecule has 8 heteroatoms. The zero-order valence-corrected chi connectivity index (χ0v) is 16.2. The van der Waals surface area contributed by atoms with E-state index in [9.17, 15) is 9.59 Å². The molecule has 1 aliphatic heterocycles. The lowest BCUT2D eigenvalue weighted by Gasteiger charge is -2.18. The van der Waals surface area contributed by atoms with Gasteiger partial charge in [0.05, 0.1) is 17.3 Å². The lowest BCUT2D eigenvalue weighted by Crippen LogP contribution is -2.22. The first-order valence-corrected chi connectivity index (χ1v) is 9.53. The number of carbonyl (C=O) groups is 2. The van der Waals surface area contributed by atoms with Crippen LogP contribution in [-0.2, 0) is 16.1 Å². The summed E-state index contributed by atoms with van der Waals surface area (Å²) in [6.07, 6.45) is 0. The van der Waals surface area contributed by atoms with Crippen molar-refractivity contribution < 1.29 is 23.8 Å². The first-order valence-electron chi connectivity index (χ1n) is 8.71. The Labute approximate surface area is 164 Å².